The van der Waals surface area contributed by atoms with E-state index >= 15 is 0 Å². The molecule has 0 saturated carbocycles. The number of para-hydroxylation sites is 2. The molecule has 6 heteroatoms. The van der Waals surface area contributed by atoms with E-state index < -0.39 is 6.10 Å². The van der Waals surface area contributed by atoms with E-state index in [1.165, 1.54) is 0 Å². The van der Waals surface area contributed by atoms with Gasteiger partial charge in [0.1, 0.15) is 0 Å². The van der Waals surface area contributed by atoms with E-state index in [4.69, 9.17) is 0 Å². The van der Waals surface area contributed by atoms with Crippen molar-refractivity contribution in [2.75, 3.05) is 30.3 Å². The maximum absolute atomic E-state index is 12.9. The molecule has 2 aromatic rings. The van der Waals surface area contributed by atoms with Gasteiger partial charge in [-0.1, -0.05) is 37.3 Å². The highest BCUT2D eigenvalue weighted by Crippen LogP contribution is 2.20. The first-order chi connectivity index (χ1) is 13.6. The summed E-state index contributed by atoms with van der Waals surface area (Å²) in [4.78, 5) is 26.9. The van der Waals surface area contributed by atoms with Gasteiger partial charge in [0.15, 0.2) is 0 Å². The van der Waals surface area contributed by atoms with Crippen LogP contribution >= 0.6 is 0 Å². The van der Waals surface area contributed by atoms with Crippen LogP contribution < -0.4 is 10.6 Å². The number of benzene rings is 2. The van der Waals surface area contributed by atoms with Gasteiger partial charge in [-0.2, -0.15) is 0 Å². The van der Waals surface area contributed by atoms with E-state index in [1.807, 2.05) is 37.3 Å². The van der Waals surface area contributed by atoms with Crippen LogP contribution in [0.1, 0.15) is 35.7 Å². The molecule has 1 saturated heterocycles. The standard InChI is InChI=1S/C22H27N3O3/c1-2-16-8-3-5-11-19(16)24-21(27)14-23-20-12-6-4-10-18(20)22(28)25-13-7-9-17(26)15-25/h3-6,8,10-12,17,23,26H,2,7,9,13-15H2,1H3,(H,24,27)/t17-/m1/s1. The molecule has 0 bridgehead atoms. The van der Waals surface area contributed by atoms with E-state index in [9.17, 15) is 14.7 Å². The fourth-order valence-corrected chi connectivity index (χ4v) is 3.45. The van der Waals surface area contributed by atoms with Crippen LogP contribution in [0.2, 0.25) is 0 Å². The maximum atomic E-state index is 12.9. The monoisotopic (exact) mass is 381 g/mol. The smallest absolute Gasteiger partial charge is 0.256 e. The topological polar surface area (TPSA) is 81.7 Å². The highest BCUT2D eigenvalue weighted by molar-refractivity contribution is 6.01. The summed E-state index contributed by atoms with van der Waals surface area (Å²) in [5, 5.41) is 15.8. The lowest BCUT2D eigenvalue weighted by atomic mass is 10.1. The van der Waals surface area contributed by atoms with Gasteiger partial charge >= 0.3 is 0 Å². The summed E-state index contributed by atoms with van der Waals surface area (Å²) in [7, 11) is 0. The number of amides is 2. The van der Waals surface area contributed by atoms with Gasteiger partial charge in [0.25, 0.3) is 5.91 Å². The van der Waals surface area contributed by atoms with Crippen LogP contribution in [0, 0.1) is 0 Å². The first-order valence-corrected chi connectivity index (χ1v) is 9.76. The Labute approximate surface area is 165 Å². The molecule has 1 aliphatic heterocycles. The number of carbonyl (C=O) groups is 2. The van der Waals surface area contributed by atoms with Crippen LogP contribution in [0.5, 0.6) is 0 Å². The third-order valence-electron chi connectivity index (χ3n) is 4.95. The Morgan fingerprint density at radius 3 is 2.57 bits per heavy atom. The maximum Gasteiger partial charge on any atom is 0.256 e. The molecule has 6 nitrogen and oxygen atoms in total. The van der Waals surface area contributed by atoms with E-state index in [1.54, 1.807) is 23.1 Å². The lowest BCUT2D eigenvalue weighted by molar-refractivity contribution is -0.114. The van der Waals surface area contributed by atoms with Gasteiger partial charge in [0.2, 0.25) is 5.91 Å². The lowest BCUT2D eigenvalue weighted by Gasteiger charge is -2.30. The number of carbonyl (C=O) groups excluding carboxylic acids is 2. The number of β-amino-alcohol motifs (C(OH)–C–C–N with tert-alkyl or cyclic N) is 1. The molecule has 0 aliphatic carbocycles. The van der Waals surface area contributed by atoms with Crippen LogP contribution in [0.25, 0.3) is 0 Å². The average molecular weight is 381 g/mol. The van der Waals surface area contributed by atoms with Crippen LogP contribution in [-0.2, 0) is 11.2 Å². The highest BCUT2D eigenvalue weighted by Gasteiger charge is 2.24. The van der Waals surface area contributed by atoms with Crippen molar-refractivity contribution in [2.24, 2.45) is 0 Å². The van der Waals surface area contributed by atoms with Gasteiger partial charge in [-0.15, -0.1) is 0 Å². The number of nitrogens with one attached hydrogen (secondary N) is 2. The summed E-state index contributed by atoms with van der Waals surface area (Å²) in [5.74, 6) is -0.296. The molecule has 0 spiro atoms. The van der Waals surface area contributed by atoms with Gasteiger partial charge < -0.3 is 20.6 Å². The number of aliphatic hydroxyl groups is 1. The van der Waals surface area contributed by atoms with Crippen molar-refractivity contribution in [1.29, 1.82) is 0 Å². The Hall–Kier alpha value is -2.86. The van der Waals surface area contributed by atoms with Crippen molar-refractivity contribution < 1.29 is 14.7 Å². The van der Waals surface area contributed by atoms with Gasteiger partial charge in [0.05, 0.1) is 18.2 Å². The first-order valence-electron chi connectivity index (χ1n) is 9.76. The number of aliphatic hydroxyl groups excluding tert-OH is 1. The van der Waals surface area contributed by atoms with Crippen molar-refractivity contribution in [3.63, 3.8) is 0 Å². The zero-order valence-electron chi connectivity index (χ0n) is 16.1. The number of nitrogens with zero attached hydrogens (tertiary/aromatic N) is 1. The molecule has 1 aliphatic rings. The molecular weight excluding hydrogens is 354 g/mol. The number of piperidine rings is 1. The number of aryl methyl sites for hydroxylation is 1. The van der Waals surface area contributed by atoms with Crippen molar-refractivity contribution in [3.8, 4) is 0 Å². The Balaban J connectivity index is 1.65. The zero-order chi connectivity index (χ0) is 19.9. The minimum atomic E-state index is -0.470. The third kappa shape index (κ3) is 4.89. The minimum absolute atomic E-state index is 0.0605. The highest BCUT2D eigenvalue weighted by atomic mass is 16.3. The summed E-state index contributed by atoms with van der Waals surface area (Å²) in [6.07, 6.45) is 1.88. The Kier molecular flexibility index (Phi) is 6.66. The molecule has 0 unspecified atom stereocenters. The van der Waals surface area contributed by atoms with Gasteiger partial charge in [-0.3, -0.25) is 9.59 Å². The van der Waals surface area contributed by atoms with Gasteiger partial charge in [0, 0.05) is 24.5 Å². The van der Waals surface area contributed by atoms with Crippen LogP contribution in [-0.4, -0.2) is 47.6 Å². The second-order valence-electron chi connectivity index (χ2n) is 7.01. The second kappa shape index (κ2) is 9.37. The summed E-state index contributed by atoms with van der Waals surface area (Å²) in [6, 6.07) is 14.9. The SMILES string of the molecule is CCc1ccccc1NC(=O)CNc1ccccc1C(=O)N1CCC[C@@H](O)C1. The van der Waals surface area contributed by atoms with E-state index in [2.05, 4.69) is 10.6 Å². The number of anilines is 2. The van der Waals surface area contributed by atoms with Crippen molar-refractivity contribution in [1.82, 2.24) is 4.90 Å². The molecule has 148 valence electrons. The number of hydrogen-bond acceptors (Lipinski definition) is 4. The molecule has 0 radical (unpaired) electrons. The van der Waals surface area contributed by atoms with E-state index in [-0.39, 0.29) is 18.4 Å². The summed E-state index contributed by atoms with van der Waals surface area (Å²) in [5.41, 5.74) is 3.02. The van der Waals surface area contributed by atoms with Crippen molar-refractivity contribution >= 4 is 23.2 Å². The number of likely N-dealkylation sites (tertiary alicyclic amines) is 1. The molecule has 0 aromatic heterocycles. The molecule has 2 aromatic carbocycles. The molecule has 2 amide bonds. The zero-order valence-corrected chi connectivity index (χ0v) is 16.1. The Morgan fingerprint density at radius 2 is 1.82 bits per heavy atom. The van der Waals surface area contributed by atoms with Gasteiger partial charge in [-0.05, 0) is 43.0 Å². The number of hydrogen-bond donors (Lipinski definition) is 3. The first kappa shape index (κ1) is 19.9. The quantitative estimate of drug-likeness (QED) is 0.719. The Bertz CT molecular complexity index is 837. The predicted molar refractivity (Wildman–Crippen MR) is 111 cm³/mol. The third-order valence-corrected chi connectivity index (χ3v) is 4.95. The predicted octanol–water partition coefficient (Wildman–Crippen LogP) is 2.90. The fourth-order valence-electron chi connectivity index (χ4n) is 3.45. The summed E-state index contributed by atoms with van der Waals surface area (Å²) >= 11 is 0. The molecule has 28 heavy (non-hydrogen) atoms. The minimum Gasteiger partial charge on any atom is -0.391 e. The molecule has 1 fully saturated rings. The van der Waals surface area contributed by atoms with Crippen LogP contribution in [0.3, 0.4) is 0 Å². The summed E-state index contributed by atoms with van der Waals surface area (Å²) in [6.45, 7) is 3.09. The molecular formula is C22H27N3O3. The normalized spacial score (nSPS) is 16.5. The van der Waals surface area contributed by atoms with Crippen molar-refractivity contribution in [2.45, 2.75) is 32.3 Å². The fraction of sp³-hybridized carbons (Fsp3) is 0.364. The van der Waals surface area contributed by atoms with Crippen molar-refractivity contribution in [3.05, 3.63) is 59.7 Å². The molecule has 1 heterocycles. The van der Waals surface area contributed by atoms with E-state index in [0.29, 0.717) is 24.3 Å². The molecule has 3 rings (SSSR count). The largest absolute Gasteiger partial charge is 0.391 e. The van der Waals surface area contributed by atoms with Gasteiger partial charge in [-0.25, -0.2) is 0 Å². The second-order valence-corrected chi connectivity index (χ2v) is 7.01. The lowest BCUT2D eigenvalue weighted by Crippen LogP contribution is -2.42. The number of rotatable bonds is 6. The van der Waals surface area contributed by atoms with E-state index in [0.717, 1.165) is 30.5 Å². The molecule has 1 atom stereocenters. The summed E-state index contributed by atoms with van der Waals surface area (Å²) < 4.78 is 0. The van der Waals surface area contributed by atoms with Crippen LogP contribution in [0.4, 0.5) is 11.4 Å². The Morgan fingerprint density at radius 1 is 1.11 bits per heavy atom. The molecule has 3 N–H and O–H groups in total. The van der Waals surface area contributed by atoms with Crippen LogP contribution in [0.15, 0.2) is 48.5 Å². The average Bonchev–Trinajstić information content (AvgIpc) is 2.72.